The van der Waals surface area contributed by atoms with Gasteiger partial charge < -0.3 is 14.8 Å². The van der Waals surface area contributed by atoms with Crippen LogP contribution in [0.25, 0.3) is 0 Å². The number of nitrogens with zero attached hydrogens (tertiary/aromatic N) is 1. The average molecular weight is 286 g/mol. The second-order valence-corrected chi connectivity index (χ2v) is 4.12. The molecular formula is C13H19FN2O4. The first kappa shape index (κ1) is 16.3. The van der Waals surface area contributed by atoms with E-state index in [-0.39, 0.29) is 24.5 Å². The van der Waals surface area contributed by atoms with Crippen LogP contribution in [0.5, 0.6) is 5.75 Å². The molecule has 0 fully saturated rings. The number of hydrogen-bond donors (Lipinski definition) is 1. The molecule has 0 radical (unpaired) electrons. The molecule has 1 aromatic rings. The summed E-state index contributed by atoms with van der Waals surface area (Å²) in [6.45, 7) is 1.45. The molecule has 0 saturated heterocycles. The van der Waals surface area contributed by atoms with Crippen LogP contribution >= 0.6 is 0 Å². The van der Waals surface area contributed by atoms with Crippen LogP contribution in [0.15, 0.2) is 18.2 Å². The lowest BCUT2D eigenvalue weighted by Gasteiger charge is -2.09. The number of halogens is 1. The number of nitro groups is 1. The van der Waals surface area contributed by atoms with Gasteiger partial charge in [-0.3, -0.25) is 14.5 Å². The van der Waals surface area contributed by atoms with E-state index in [1.54, 1.807) is 19.2 Å². The average Bonchev–Trinajstić information content (AvgIpc) is 2.44. The van der Waals surface area contributed by atoms with Gasteiger partial charge in [0.1, 0.15) is 0 Å². The number of hydrogen-bond acceptors (Lipinski definition) is 5. The van der Waals surface area contributed by atoms with Crippen molar-refractivity contribution in [1.29, 1.82) is 0 Å². The molecule has 0 unspecified atom stereocenters. The van der Waals surface area contributed by atoms with Gasteiger partial charge in [0.05, 0.1) is 24.8 Å². The Morgan fingerprint density at radius 2 is 2.20 bits per heavy atom. The van der Waals surface area contributed by atoms with Crippen molar-refractivity contribution >= 4 is 5.69 Å². The molecule has 0 atom stereocenters. The molecule has 0 aliphatic rings. The van der Waals surface area contributed by atoms with Crippen LogP contribution in [0.4, 0.5) is 10.1 Å². The number of nitrogens with one attached hydrogen (secondary N) is 1. The van der Waals surface area contributed by atoms with E-state index in [0.29, 0.717) is 19.7 Å². The van der Waals surface area contributed by atoms with Crippen molar-refractivity contribution in [2.24, 2.45) is 0 Å². The van der Waals surface area contributed by atoms with E-state index in [1.165, 1.54) is 6.07 Å². The van der Waals surface area contributed by atoms with E-state index in [1.807, 2.05) is 0 Å². The van der Waals surface area contributed by atoms with E-state index in [2.05, 4.69) is 5.32 Å². The van der Waals surface area contributed by atoms with Crippen LogP contribution in [0, 0.1) is 10.1 Å². The molecule has 0 aliphatic carbocycles. The van der Waals surface area contributed by atoms with E-state index in [9.17, 15) is 14.5 Å². The van der Waals surface area contributed by atoms with Gasteiger partial charge in [0, 0.05) is 32.7 Å². The van der Waals surface area contributed by atoms with Crippen molar-refractivity contribution in [3.63, 3.8) is 0 Å². The zero-order chi connectivity index (χ0) is 14.8. The summed E-state index contributed by atoms with van der Waals surface area (Å²) in [7, 11) is 1.62. The zero-order valence-electron chi connectivity index (χ0n) is 11.4. The molecule has 0 saturated carbocycles. The Balaban J connectivity index is 2.68. The maximum atomic E-state index is 12.0. The Hall–Kier alpha value is -1.73. The van der Waals surface area contributed by atoms with Crippen LogP contribution < -0.4 is 10.1 Å². The second-order valence-electron chi connectivity index (χ2n) is 4.12. The first-order chi connectivity index (χ1) is 9.69. The Kier molecular flexibility index (Phi) is 7.52. The Morgan fingerprint density at radius 3 is 2.85 bits per heavy atom. The van der Waals surface area contributed by atoms with Gasteiger partial charge in [-0.2, -0.15) is 0 Å². The number of nitro benzene ring substituents is 1. The highest BCUT2D eigenvalue weighted by Gasteiger charge is 2.15. The third-order valence-corrected chi connectivity index (χ3v) is 2.57. The lowest BCUT2D eigenvalue weighted by molar-refractivity contribution is -0.385. The van der Waals surface area contributed by atoms with Crippen molar-refractivity contribution in [2.75, 3.05) is 33.5 Å². The van der Waals surface area contributed by atoms with Gasteiger partial charge in [0.15, 0.2) is 5.75 Å². The van der Waals surface area contributed by atoms with Crippen molar-refractivity contribution in [2.45, 2.75) is 13.0 Å². The zero-order valence-corrected chi connectivity index (χ0v) is 11.4. The third kappa shape index (κ3) is 5.50. The molecule has 0 amide bonds. The van der Waals surface area contributed by atoms with Crippen molar-refractivity contribution in [1.82, 2.24) is 5.32 Å². The molecule has 0 bridgehead atoms. The molecule has 7 heteroatoms. The van der Waals surface area contributed by atoms with Gasteiger partial charge >= 0.3 is 5.69 Å². The smallest absolute Gasteiger partial charge is 0.310 e. The predicted molar refractivity (Wildman–Crippen MR) is 72.8 cm³/mol. The van der Waals surface area contributed by atoms with Gasteiger partial charge in [0.2, 0.25) is 0 Å². The van der Waals surface area contributed by atoms with Gasteiger partial charge in [-0.25, -0.2) is 0 Å². The number of rotatable bonds is 10. The summed E-state index contributed by atoms with van der Waals surface area (Å²) in [5.41, 5.74) is 0.756. The summed E-state index contributed by atoms with van der Waals surface area (Å²) < 4.78 is 22.2. The van der Waals surface area contributed by atoms with Crippen LogP contribution in [0.2, 0.25) is 0 Å². The monoisotopic (exact) mass is 286 g/mol. The summed E-state index contributed by atoms with van der Waals surface area (Å²) in [6.07, 6.45) is 0.216. The van der Waals surface area contributed by atoms with Crippen LogP contribution in [-0.2, 0) is 11.3 Å². The van der Waals surface area contributed by atoms with E-state index >= 15 is 0 Å². The molecule has 0 heterocycles. The van der Waals surface area contributed by atoms with Gasteiger partial charge in [-0.15, -0.1) is 0 Å². The molecule has 0 spiro atoms. The minimum absolute atomic E-state index is 0.107. The molecule has 1 aromatic carbocycles. The first-order valence-corrected chi connectivity index (χ1v) is 6.34. The number of methoxy groups -OCH3 is 1. The normalized spacial score (nSPS) is 10.5. The molecule has 112 valence electrons. The number of alkyl halides is 1. The molecule has 0 aromatic heterocycles. The van der Waals surface area contributed by atoms with Crippen molar-refractivity contribution < 1.29 is 18.8 Å². The predicted octanol–water partition coefficient (Wildman–Crippen LogP) is 2.07. The van der Waals surface area contributed by atoms with Crippen LogP contribution in [0.3, 0.4) is 0 Å². The topological polar surface area (TPSA) is 73.6 Å². The van der Waals surface area contributed by atoms with Gasteiger partial charge in [-0.1, -0.05) is 6.07 Å². The fraction of sp³-hybridized carbons (Fsp3) is 0.538. The fourth-order valence-corrected chi connectivity index (χ4v) is 1.58. The maximum absolute atomic E-state index is 12.0. The lowest BCUT2D eigenvalue weighted by atomic mass is 10.2. The summed E-state index contributed by atoms with van der Waals surface area (Å²) >= 11 is 0. The van der Waals surface area contributed by atoms with Crippen molar-refractivity contribution in [3.8, 4) is 5.75 Å². The summed E-state index contributed by atoms with van der Waals surface area (Å²) in [5, 5.41) is 14.0. The van der Waals surface area contributed by atoms with Crippen LogP contribution in [-0.4, -0.2) is 38.5 Å². The summed E-state index contributed by atoms with van der Waals surface area (Å²) in [6, 6.07) is 4.67. The van der Waals surface area contributed by atoms with E-state index in [4.69, 9.17) is 9.47 Å². The fourth-order valence-electron chi connectivity index (χ4n) is 1.58. The van der Waals surface area contributed by atoms with Crippen LogP contribution in [0.1, 0.15) is 12.0 Å². The number of benzene rings is 1. The summed E-state index contributed by atoms with van der Waals surface area (Å²) in [5.74, 6) is 0.175. The first-order valence-electron chi connectivity index (χ1n) is 6.34. The highest BCUT2D eigenvalue weighted by atomic mass is 19.1. The SMILES string of the molecule is COCCNCc1ccc([N+](=O)[O-])c(OCCCF)c1. The largest absolute Gasteiger partial charge is 0.487 e. The quantitative estimate of drug-likeness (QED) is 0.405. The molecule has 6 nitrogen and oxygen atoms in total. The molecule has 1 N–H and O–H groups in total. The standard InChI is InChI=1S/C13H19FN2O4/c1-19-8-6-15-10-11-3-4-12(16(17)18)13(9-11)20-7-2-5-14/h3-4,9,15H,2,5-8,10H2,1H3. The number of ether oxygens (including phenoxy) is 2. The second kappa shape index (κ2) is 9.22. The minimum atomic E-state index is -0.508. The molecule has 0 aliphatic heterocycles. The molecule has 20 heavy (non-hydrogen) atoms. The summed E-state index contributed by atoms with van der Waals surface area (Å²) in [4.78, 5) is 10.4. The van der Waals surface area contributed by atoms with E-state index < -0.39 is 11.6 Å². The minimum Gasteiger partial charge on any atom is -0.487 e. The maximum Gasteiger partial charge on any atom is 0.310 e. The third-order valence-electron chi connectivity index (χ3n) is 2.57. The molecular weight excluding hydrogens is 267 g/mol. The Labute approximate surface area is 117 Å². The Morgan fingerprint density at radius 1 is 1.40 bits per heavy atom. The van der Waals surface area contributed by atoms with Gasteiger partial charge in [0.25, 0.3) is 0 Å². The molecule has 1 rings (SSSR count). The van der Waals surface area contributed by atoms with Crippen molar-refractivity contribution in [3.05, 3.63) is 33.9 Å². The van der Waals surface area contributed by atoms with E-state index in [0.717, 1.165) is 5.56 Å². The lowest BCUT2D eigenvalue weighted by Crippen LogP contribution is -2.18. The Bertz CT molecular complexity index is 429. The van der Waals surface area contributed by atoms with Gasteiger partial charge in [-0.05, 0) is 11.6 Å². The highest BCUT2D eigenvalue weighted by molar-refractivity contribution is 5.48. The highest BCUT2D eigenvalue weighted by Crippen LogP contribution is 2.28.